The van der Waals surface area contributed by atoms with E-state index >= 15 is 0 Å². The molecule has 0 aromatic heterocycles. The second-order valence-corrected chi connectivity index (χ2v) is 19.8. The minimum Gasteiger partial charge on any atom is -0.444 e. The van der Waals surface area contributed by atoms with Crippen LogP contribution in [-0.4, -0.2) is 97.4 Å². The lowest BCUT2D eigenvalue weighted by Crippen LogP contribution is -2.58. The number of hydrogen-bond acceptors (Lipinski definition) is 10. The Kier molecular flexibility index (Phi) is 12.2. The summed E-state index contributed by atoms with van der Waals surface area (Å²) >= 11 is 0. The predicted octanol–water partition coefficient (Wildman–Crippen LogP) is 4.86. The highest BCUT2D eigenvalue weighted by molar-refractivity contribution is 7.91. The SMILES string of the molecule is C.CC[C@@H]1C[C@]1(NC(=O)[C@@H]1C[C@@H](OC(=O)N2Cc3cccc(F)c3C2)CN1C(=O)[C@@H](Nc1cccc(COCC2(C)COC2)c1)C(C)(C)C)C(=O)NS(=O)(=O)C1CC1. The summed E-state index contributed by atoms with van der Waals surface area (Å²) in [6, 6.07) is 10.2. The van der Waals surface area contributed by atoms with Crippen LogP contribution in [0.5, 0.6) is 0 Å². The van der Waals surface area contributed by atoms with E-state index < -0.39 is 74.0 Å². The minimum absolute atomic E-state index is 0. The number of nitrogens with zero attached hydrogens (tertiary/aromatic N) is 2. The third-order valence-electron chi connectivity index (χ3n) is 11.8. The molecule has 2 saturated carbocycles. The van der Waals surface area contributed by atoms with E-state index in [1.165, 1.54) is 15.9 Å². The van der Waals surface area contributed by atoms with Crippen molar-refractivity contribution in [3.63, 3.8) is 0 Å². The summed E-state index contributed by atoms with van der Waals surface area (Å²) in [6.07, 6.45) is 0.00245. The average Bonchev–Trinajstić information content (AvgIpc) is 4.03. The zero-order chi connectivity index (χ0) is 40.9. The van der Waals surface area contributed by atoms with Crippen molar-refractivity contribution in [2.24, 2.45) is 16.7 Å². The molecule has 14 nitrogen and oxygen atoms in total. The number of benzene rings is 2. The van der Waals surface area contributed by atoms with E-state index in [0.29, 0.717) is 62.5 Å². The molecule has 7 rings (SSSR count). The lowest BCUT2D eigenvalue weighted by atomic mass is 9.85. The van der Waals surface area contributed by atoms with E-state index in [9.17, 15) is 32.0 Å². The standard InChI is InChI=1S/C41H54FN5O9S.CH4/c1-6-27-17-41(27,37(50)45-57(52,53)30-13-14-30)44-35(48)33-16-29(56-38(51)46-18-26-10-8-12-32(42)31(26)20-46)19-47(33)36(49)34(39(2,3)4)43-28-11-7-9-25(15-28)21-54-22-40(5)23-55-24-40;/h7-12,15,27,29-30,33-34,43H,6,13-14,16-24H2,1-5H3,(H,44,48)(H,45,50);1H4/t27-,29-,33+,34-,41-;/m1./s1. The van der Waals surface area contributed by atoms with E-state index in [0.717, 1.165) is 5.56 Å². The number of likely N-dealkylation sites (tertiary alicyclic amines) is 1. The van der Waals surface area contributed by atoms with Crippen LogP contribution < -0.4 is 15.4 Å². The molecular weight excluding hydrogens is 770 g/mol. The van der Waals surface area contributed by atoms with Crippen molar-refractivity contribution in [1.82, 2.24) is 19.8 Å². The summed E-state index contributed by atoms with van der Waals surface area (Å²) in [7, 11) is -3.89. The molecule has 2 aromatic rings. The van der Waals surface area contributed by atoms with Crippen molar-refractivity contribution in [3.05, 3.63) is 65.0 Å². The van der Waals surface area contributed by atoms with Crippen LogP contribution in [0.4, 0.5) is 14.9 Å². The fraction of sp³-hybridized carbons (Fsp3) is 0.619. The van der Waals surface area contributed by atoms with Crippen molar-refractivity contribution < 1.29 is 46.2 Å². The highest BCUT2D eigenvalue weighted by Gasteiger charge is 2.62. The molecule has 2 saturated heterocycles. The molecule has 4 fully saturated rings. The van der Waals surface area contributed by atoms with Gasteiger partial charge < -0.3 is 29.7 Å². The largest absolute Gasteiger partial charge is 0.444 e. The van der Waals surface area contributed by atoms with E-state index in [1.54, 1.807) is 12.1 Å². The highest BCUT2D eigenvalue weighted by atomic mass is 32.2. The Balaban J connectivity index is 0.00000567. The molecule has 2 aromatic carbocycles. The van der Waals surface area contributed by atoms with Crippen LogP contribution in [0.2, 0.25) is 0 Å². The van der Waals surface area contributed by atoms with Crippen LogP contribution in [0.15, 0.2) is 42.5 Å². The van der Waals surface area contributed by atoms with Crippen LogP contribution >= 0.6 is 0 Å². The van der Waals surface area contributed by atoms with Crippen LogP contribution in [0.3, 0.4) is 0 Å². The van der Waals surface area contributed by atoms with Crippen molar-refractivity contribution in [2.45, 2.75) is 123 Å². The first-order valence-electron chi connectivity index (χ1n) is 19.8. The number of carbonyl (C=O) groups is 4. The minimum atomic E-state index is -3.89. The average molecular weight is 828 g/mol. The van der Waals surface area contributed by atoms with Gasteiger partial charge in [-0.2, -0.15) is 0 Å². The van der Waals surface area contributed by atoms with Crippen molar-refractivity contribution in [2.75, 3.05) is 31.7 Å². The number of ether oxygens (including phenoxy) is 3. The third kappa shape index (κ3) is 9.13. The molecular formula is C42H58FN5O9S. The summed E-state index contributed by atoms with van der Waals surface area (Å²) in [4.78, 5) is 59.0. The molecule has 5 atom stereocenters. The van der Waals surface area contributed by atoms with Gasteiger partial charge in [0.2, 0.25) is 21.8 Å². The first-order chi connectivity index (χ1) is 26.9. The van der Waals surface area contributed by atoms with Crippen LogP contribution in [0.25, 0.3) is 0 Å². The van der Waals surface area contributed by atoms with Crippen LogP contribution in [0.1, 0.15) is 90.8 Å². The Labute approximate surface area is 340 Å². The molecule has 3 aliphatic heterocycles. The second-order valence-electron chi connectivity index (χ2n) is 17.9. The van der Waals surface area contributed by atoms with E-state index in [2.05, 4.69) is 22.3 Å². The summed E-state index contributed by atoms with van der Waals surface area (Å²) in [5.41, 5.74) is 0.516. The molecule has 0 radical (unpaired) electrons. The van der Waals surface area contributed by atoms with Gasteiger partial charge in [0, 0.05) is 29.6 Å². The van der Waals surface area contributed by atoms with Gasteiger partial charge in [-0.25, -0.2) is 17.6 Å². The quantitative estimate of drug-likeness (QED) is 0.239. The van der Waals surface area contributed by atoms with Gasteiger partial charge in [-0.15, -0.1) is 0 Å². The normalized spacial score (nSPS) is 25.1. The van der Waals surface area contributed by atoms with Gasteiger partial charge in [0.05, 0.1) is 44.8 Å². The number of carbonyl (C=O) groups excluding carboxylic acids is 4. The van der Waals surface area contributed by atoms with Gasteiger partial charge in [-0.3, -0.25) is 24.0 Å². The molecule has 5 aliphatic rings. The topological polar surface area (TPSA) is 173 Å². The van der Waals surface area contributed by atoms with Crippen LogP contribution in [-0.2, 0) is 58.3 Å². The van der Waals surface area contributed by atoms with Gasteiger partial charge in [0.15, 0.2) is 0 Å². The molecule has 16 heteroatoms. The van der Waals surface area contributed by atoms with Crippen molar-refractivity contribution >= 4 is 39.5 Å². The maximum Gasteiger partial charge on any atom is 0.410 e. The lowest BCUT2D eigenvalue weighted by molar-refractivity contribution is -0.141. The third-order valence-corrected chi connectivity index (χ3v) is 13.6. The molecule has 3 heterocycles. The number of fused-ring (bicyclic) bond motifs is 1. The number of amides is 4. The van der Waals surface area contributed by atoms with Gasteiger partial charge in [0.25, 0.3) is 5.91 Å². The first-order valence-corrected chi connectivity index (χ1v) is 21.4. The smallest absolute Gasteiger partial charge is 0.410 e. The number of rotatable bonds is 14. The maximum absolute atomic E-state index is 14.8. The Morgan fingerprint density at radius 3 is 2.41 bits per heavy atom. The number of halogens is 1. The molecule has 58 heavy (non-hydrogen) atoms. The molecule has 0 spiro atoms. The Bertz CT molecular complexity index is 2020. The van der Waals surface area contributed by atoms with E-state index in [4.69, 9.17) is 14.2 Å². The summed E-state index contributed by atoms with van der Waals surface area (Å²) in [6.45, 7) is 12.0. The van der Waals surface area contributed by atoms with Crippen LogP contribution in [0, 0.1) is 22.6 Å². The number of sulfonamides is 1. The summed E-state index contributed by atoms with van der Waals surface area (Å²) in [5, 5.41) is 5.62. The van der Waals surface area contributed by atoms with Gasteiger partial charge in [-0.1, -0.05) is 72.7 Å². The molecule has 318 valence electrons. The number of nitrogens with one attached hydrogen (secondary N) is 3. The van der Waals surface area contributed by atoms with Gasteiger partial charge in [0.1, 0.15) is 29.5 Å². The molecule has 2 aliphatic carbocycles. The highest BCUT2D eigenvalue weighted by Crippen LogP contribution is 2.47. The van der Waals surface area contributed by atoms with E-state index in [1.807, 2.05) is 52.0 Å². The fourth-order valence-corrected chi connectivity index (χ4v) is 9.44. The van der Waals surface area contributed by atoms with Crippen molar-refractivity contribution in [3.8, 4) is 0 Å². The summed E-state index contributed by atoms with van der Waals surface area (Å²) < 4.78 is 59.5. The van der Waals surface area contributed by atoms with Crippen molar-refractivity contribution in [1.29, 1.82) is 0 Å². The zero-order valence-electron chi connectivity index (χ0n) is 33.3. The van der Waals surface area contributed by atoms with Gasteiger partial charge >= 0.3 is 6.09 Å². The molecule has 0 unspecified atom stereocenters. The van der Waals surface area contributed by atoms with E-state index in [-0.39, 0.29) is 51.2 Å². The molecule has 4 amide bonds. The second kappa shape index (κ2) is 16.4. The lowest BCUT2D eigenvalue weighted by Gasteiger charge is -2.37. The molecule has 3 N–H and O–H groups in total. The fourth-order valence-electron chi connectivity index (χ4n) is 8.08. The van der Waals surface area contributed by atoms with Gasteiger partial charge in [-0.05, 0) is 59.9 Å². The predicted molar refractivity (Wildman–Crippen MR) is 214 cm³/mol. The Morgan fingerprint density at radius 1 is 1.07 bits per heavy atom. The number of anilines is 1. The molecule has 0 bridgehead atoms. The maximum atomic E-state index is 14.8. The Morgan fingerprint density at radius 2 is 1.79 bits per heavy atom. The number of hydrogen-bond donors (Lipinski definition) is 3. The monoisotopic (exact) mass is 827 g/mol. The zero-order valence-corrected chi connectivity index (χ0v) is 34.1. The first kappa shape index (κ1) is 43.3. The summed E-state index contributed by atoms with van der Waals surface area (Å²) in [5.74, 6) is -2.58. The Hall–Kier alpha value is -4.28.